The van der Waals surface area contributed by atoms with Crippen LogP contribution in [0, 0.1) is 17.8 Å². The second-order valence-electron chi connectivity index (χ2n) is 19.2. The summed E-state index contributed by atoms with van der Waals surface area (Å²) < 4.78 is 16.8. The Bertz CT molecular complexity index is 898. The molecule has 0 heterocycles. The van der Waals surface area contributed by atoms with E-state index in [1.807, 2.05) is 0 Å². The summed E-state index contributed by atoms with van der Waals surface area (Å²) in [4.78, 5) is 37.9. The predicted octanol–water partition coefficient (Wildman–Crippen LogP) is 16.4. The first-order chi connectivity index (χ1) is 28.1. The lowest BCUT2D eigenvalue weighted by molar-refractivity contribution is -0.167. The molecule has 6 heteroatoms. The van der Waals surface area contributed by atoms with Crippen molar-refractivity contribution in [1.82, 2.24) is 0 Å². The van der Waals surface area contributed by atoms with Crippen LogP contribution in [-0.2, 0) is 28.6 Å². The van der Waals surface area contributed by atoms with E-state index in [2.05, 4.69) is 41.5 Å². The molecule has 0 spiro atoms. The highest BCUT2D eigenvalue weighted by molar-refractivity contribution is 5.71. The highest BCUT2D eigenvalue weighted by atomic mass is 16.6. The maximum absolute atomic E-state index is 12.8. The van der Waals surface area contributed by atoms with Crippen LogP contribution in [0.15, 0.2) is 0 Å². The highest BCUT2D eigenvalue weighted by Crippen LogP contribution is 2.17. The van der Waals surface area contributed by atoms with E-state index in [9.17, 15) is 14.4 Å². The van der Waals surface area contributed by atoms with E-state index in [-0.39, 0.29) is 31.1 Å². The van der Waals surface area contributed by atoms with E-state index in [1.165, 1.54) is 161 Å². The predicted molar refractivity (Wildman–Crippen MR) is 247 cm³/mol. The van der Waals surface area contributed by atoms with E-state index in [1.54, 1.807) is 0 Å². The molecular formula is C52H100O6. The van der Waals surface area contributed by atoms with Gasteiger partial charge in [-0.1, -0.05) is 241 Å². The van der Waals surface area contributed by atoms with Gasteiger partial charge >= 0.3 is 17.9 Å². The second kappa shape index (κ2) is 43.5. The zero-order chi connectivity index (χ0) is 42.7. The van der Waals surface area contributed by atoms with E-state index < -0.39 is 6.10 Å². The Morgan fingerprint density at radius 2 is 0.500 bits per heavy atom. The van der Waals surface area contributed by atoms with Crippen LogP contribution in [-0.4, -0.2) is 37.2 Å². The minimum Gasteiger partial charge on any atom is -0.462 e. The number of rotatable bonds is 45. The summed E-state index contributed by atoms with van der Waals surface area (Å²) >= 11 is 0. The number of hydrogen-bond acceptors (Lipinski definition) is 6. The van der Waals surface area contributed by atoms with Gasteiger partial charge in [0.15, 0.2) is 6.10 Å². The molecule has 0 amide bonds. The fourth-order valence-electron chi connectivity index (χ4n) is 7.76. The van der Waals surface area contributed by atoms with Crippen molar-refractivity contribution in [3.05, 3.63) is 0 Å². The van der Waals surface area contributed by atoms with Crippen LogP contribution >= 0.6 is 0 Å². The van der Waals surface area contributed by atoms with Crippen LogP contribution in [0.1, 0.15) is 279 Å². The van der Waals surface area contributed by atoms with Gasteiger partial charge in [-0.3, -0.25) is 14.4 Å². The van der Waals surface area contributed by atoms with Gasteiger partial charge in [0.25, 0.3) is 0 Å². The molecule has 0 N–H and O–H groups in total. The molecule has 58 heavy (non-hydrogen) atoms. The maximum atomic E-state index is 12.8. The Balaban J connectivity index is 4.29. The smallest absolute Gasteiger partial charge is 0.306 e. The van der Waals surface area contributed by atoms with Gasteiger partial charge in [0, 0.05) is 19.3 Å². The minimum atomic E-state index is -0.763. The van der Waals surface area contributed by atoms with Crippen LogP contribution < -0.4 is 0 Å². The van der Waals surface area contributed by atoms with E-state index in [0.29, 0.717) is 19.3 Å². The third-order valence-corrected chi connectivity index (χ3v) is 11.6. The maximum Gasteiger partial charge on any atom is 0.306 e. The van der Waals surface area contributed by atoms with Crippen LogP contribution in [0.5, 0.6) is 0 Å². The zero-order valence-electron chi connectivity index (χ0n) is 39.8. The van der Waals surface area contributed by atoms with Crippen molar-refractivity contribution in [3.8, 4) is 0 Å². The zero-order valence-corrected chi connectivity index (χ0v) is 39.8. The first-order valence-electron chi connectivity index (χ1n) is 25.6. The molecule has 0 aromatic rings. The van der Waals surface area contributed by atoms with Crippen molar-refractivity contribution >= 4 is 17.9 Å². The summed E-state index contributed by atoms with van der Waals surface area (Å²) in [6.07, 6.45) is 42.4. The van der Waals surface area contributed by atoms with E-state index in [4.69, 9.17) is 14.2 Å². The third kappa shape index (κ3) is 45.5. The molecule has 0 saturated heterocycles. The van der Waals surface area contributed by atoms with Gasteiger partial charge in [-0.05, 0) is 37.0 Å². The average molecular weight is 821 g/mol. The molecule has 0 rings (SSSR count). The molecule has 0 aliphatic heterocycles. The second-order valence-corrected chi connectivity index (χ2v) is 19.2. The summed E-state index contributed by atoms with van der Waals surface area (Å²) in [5.74, 6) is 1.59. The Hall–Kier alpha value is -1.59. The summed E-state index contributed by atoms with van der Waals surface area (Å²) in [6.45, 7) is 13.7. The Labute approximate surface area is 361 Å². The van der Waals surface area contributed by atoms with Crippen molar-refractivity contribution in [2.75, 3.05) is 13.2 Å². The normalized spacial score (nSPS) is 12.2. The number of hydrogen-bond donors (Lipinski definition) is 0. The molecule has 0 bridgehead atoms. The molecular weight excluding hydrogens is 721 g/mol. The van der Waals surface area contributed by atoms with Crippen LogP contribution in [0.3, 0.4) is 0 Å². The molecule has 6 nitrogen and oxygen atoms in total. The molecule has 0 radical (unpaired) electrons. The number of carbonyl (C=O) groups excluding carboxylic acids is 3. The molecule has 0 fully saturated rings. The number of carbonyl (C=O) groups is 3. The number of unbranched alkanes of at least 4 members (excludes halogenated alkanes) is 28. The van der Waals surface area contributed by atoms with Gasteiger partial charge in [0.1, 0.15) is 13.2 Å². The summed E-state index contributed by atoms with van der Waals surface area (Å²) in [5.41, 5.74) is 0. The van der Waals surface area contributed by atoms with Crippen LogP contribution in [0.4, 0.5) is 0 Å². The summed E-state index contributed by atoms with van der Waals surface area (Å²) in [5, 5.41) is 0. The lowest BCUT2D eigenvalue weighted by Gasteiger charge is -2.18. The molecule has 0 aliphatic carbocycles. The first kappa shape index (κ1) is 56.4. The molecule has 0 aromatic heterocycles. The third-order valence-electron chi connectivity index (χ3n) is 11.6. The van der Waals surface area contributed by atoms with E-state index >= 15 is 0 Å². The number of ether oxygens (including phenoxy) is 3. The van der Waals surface area contributed by atoms with Gasteiger partial charge in [-0.25, -0.2) is 0 Å². The average Bonchev–Trinajstić information content (AvgIpc) is 3.18. The van der Waals surface area contributed by atoms with Gasteiger partial charge in [0.05, 0.1) is 0 Å². The fraction of sp³-hybridized carbons (Fsp3) is 0.942. The van der Waals surface area contributed by atoms with Gasteiger partial charge in [-0.2, -0.15) is 0 Å². The van der Waals surface area contributed by atoms with Crippen molar-refractivity contribution in [1.29, 1.82) is 0 Å². The lowest BCUT2D eigenvalue weighted by Crippen LogP contribution is -2.30. The molecule has 0 saturated carbocycles. The Morgan fingerprint density at radius 1 is 0.293 bits per heavy atom. The monoisotopic (exact) mass is 821 g/mol. The molecule has 0 unspecified atom stereocenters. The lowest BCUT2D eigenvalue weighted by atomic mass is 10.0. The molecule has 0 aromatic carbocycles. The SMILES string of the molecule is CC(C)CCCCCCCCCCCCCCCC(=O)OC[C@@H](COC(=O)CCCCCCCCCC(C)C)OC(=O)CCCCCCCCCCCCCC(C)C. The van der Waals surface area contributed by atoms with Crippen LogP contribution in [0.25, 0.3) is 0 Å². The molecule has 0 aliphatic rings. The van der Waals surface area contributed by atoms with Crippen molar-refractivity contribution in [3.63, 3.8) is 0 Å². The highest BCUT2D eigenvalue weighted by Gasteiger charge is 2.19. The topological polar surface area (TPSA) is 78.9 Å². The minimum absolute atomic E-state index is 0.0651. The van der Waals surface area contributed by atoms with Gasteiger partial charge < -0.3 is 14.2 Å². The van der Waals surface area contributed by atoms with Gasteiger partial charge in [0.2, 0.25) is 0 Å². The standard InChI is InChI=1S/C52H100O6/c1-46(2)38-32-26-20-15-11-8-7-9-13-17-23-29-35-41-50(53)56-44-49(45-57-51(54)42-36-30-25-19-22-28-34-40-48(5)6)58-52(55)43-37-31-24-18-14-10-12-16-21-27-33-39-47(3)4/h46-49H,7-45H2,1-6H3/t49-/m0/s1. The Morgan fingerprint density at radius 3 is 0.741 bits per heavy atom. The van der Waals surface area contributed by atoms with E-state index in [0.717, 1.165) is 75.5 Å². The largest absolute Gasteiger partial charge is 0.462 e. The molecule has 344 valence electrons. The molecule has 1 atom stereocenters. The summed E-state index contributed by atoms with van der Waals surface area (Å²) in [7, 11) is 0. The van der Waals surface area contributed by atoms with Crippen molar-refractivity contribution in [2.24, 2.45) is 17.8 Å². The number of esters is 3. The van der Waals surface area contributed by atoms with Crippen LogP contribution in [0.2, 0.25) is 0 Å². The quantitative estimate of drug-likeness (QED) is 0.0346. The fourth-order valence-corrected chi connectivity index (χ4v) is 7.76. The van der Waals surface area contributed by atoms with Crippen molar-refractivity contribution in [2.45, 2.75) is 285 Å². The first-order valence-corrected chi connectivity index (χ1v) is 25.6. The Kier molecular flexibility index (Phi) is 42.3. The van der Waals surface area contributed by atoms with Gasteiger partial charge in [-0.15, -0.1) is 0 Å². The van der Waals surface area contributed by atoms with Crippen molar-refractivity contribution < 1.29 is 28.6 Å². The summed E-state index contributed by atoms with van der Waals surface area (Å²) in [6, 6.07) is 0.